The second kappa shape index (κ2) is 5.32. The predicted molar refractivity (Wildman–Crippen MR) is 69.1 cm³/mol. The number of hydrogen-bond donors (Lipinski definition) is 1. The number of carbonyl (C=O) groups is 1. The zero-order valence-electron chi connectivity index (χ0n) is 9.74. The van der Waals surface area contributed by atoms with Gasteiger partial charge in [0.25, 0.3) is 0 Å². The molecule has 0 radical (unpaired) electrons. The van der Waals surface area contributed by atoms with Crippen molar-refractivity contribution in [2.75, 3.05) is 0 Å². The fraction of sp³-hybridized carbons (Fsp3) is 0.385. The molecule has 1 aromatic carbocycles. The SMILES string of the molecule is CC/C(=N\NC(=O)C1CC1)c1ccc(Cl)cc1. The lowest BCUT2D eigenvalue weighted by Gasteiger charge is -2.04. The topological polar surface area (TPSA) is 41.5 Å². The summed E-state index contributed by atoms with van der Waals surface area (Å²) in [6, 6.07) is 7.47. The average molecular weight is 251 g/mol. The van der Waals surface area contributed by atoms with Crippen LogP contribution >= 0.6 is 11.6 Å². The van der Waals surface area contributed by atoms with Gasteiger partial charge < -0.3 is 0 Å². The molecule has 1 fully saturated rings. The van der Waals surface area contributed by atoms with Crippen molar-refractivity contribution >= 4 is 23.2 Å². The first kappa shape index (κ1) is 12.1. The molecule has 1 saturated carbocycles. The van der Waals surface area contributed by atoms with Crippen LogP contribution in [0.15, 0.2) is 29.4 Å². The van der Waals surface area contributed by atoms with Crippen molar-refractivity contribution in [1.29, 1.82) is 0 Å². The van der Waals surface area contributed by atoms with E-state index in [-0.39, 0.29) is 11.8 Å². The summed E-state index contributed by atoms with van der Waals surface area (Å²) >= 11 is 5.83. The molecule has 90 valence electrons. The van der Waals surface area contributed by atoms with Crippen molar-refractivity contribution in [2.24, 2.45) is 11.0 Å². The van der Waals surface area contributed by atoms with Crippen LogP contribution in [-0.4, -0.2) is 11.6 Å². The number of hydrazone groups is 1. The smallest absolute Gasteiger partial charge is 0.243 e. The highest BCUT2D eigenvalue weighted by molar-refractivity contribution is 6.30. The molecule has 0 heterocycles. The summed E-state index contributed by atoms with van der Waals surface area (Å²) in [5.74, 6) is 0.215. The van der Waals surface area contributed by atoms with Gasteiger partial charge in [-0.15, -0.1) is 0 Å². The summed E-state index contributed by atoms with van der Waals surface area (Å²) in [5.41, 5.74) is 4.49. The van der Waals surface area contributed by atoms with Crippen LogP contribution < -0.4 is 5.43 Å². The summed E-state index contributed by atoms with van der Waals surface area (Å²) in [6.45, 7) is 2.01. The van der Waals surface area contributed by atoms with E-state index in [2.05, 4.69) is 10.5 Å². The summed E-state index contributed by atoms with van der Waals surface area (Å²) in [6.07, 6.45) is 2.75. The number of carbonyl (C=O) groups excluding carboxylic acids is 1. The van der Waals surface area contributed by atoms with Crippen molar-refractivity contribution in [2.45, 2.75) is 26.2 Å². The highest BCUT2D eigenvalue weighted by Crippen LogP contribution is 2.28. The molecule has 17 heavy (non-hydrogen) atoms. The molecule has 0 aliphatic heterocycles. The Balaban J connectivity index is 2.06. The first-order valence-corrected chi connectivity index (χ1v) is 6.21. The molecule has 0 saturated heterocycles. The standard InChI is InChI=1S/C13H15ClN2O/c1-2-12(9-5-7-11(14)8-6-9)15-16-13(17)10-3-4-10/h5-8,10H,2-4H2,1H3,(H,16,17)/b15-12+. The van der Waals surface area contributed by atoms with Crippen LogP contribution in [0.5, 0.6) is 0 Å². The van der Waals surface area contributed by atoms with Crippen molar-refractivity contribution in [3.8, 4) is 0 Å². The number of rotatable bonds is 4. The average Bonchev–Trinajstić information content (AvgIpc) is 3.16. The van der Waals surface area contributed by atoms with E-state index in [9.17, 15) is 4.79 Å². The quantitative estimate of drug-likeness (QED) is 0.648. The molecule has 0 atom stereocenters. The highest BCUT2D eigenvalue weighted by Gasteiger charge is 2.29. The van der Waals surface area contributed by atoms with Crippen LogP contribution in [-0.2, 0) is 4.79 Å². The Bertz CT molecular complexity index is 435. The minimum atomic E-state index is 0.0323. The summed E-state index contributed by atoms with van der Waals surface area (Å²) < 4.78 is 0. The first-order chi connectivity index (χ1) is 8.20. The van der Waals surface area contributed by atoms with Gasteiger partial charge in [0, 0.05) is 10.9 Å². The molecular weight excluding hydrogens is 236 g/mol. The van der Waals surface area contributed by atoms with E-state index in [0.29, 0.717) is 5.02 Å². The lowest BCUT2D eigenvalue weighted by Crippen LogP contribution is -2.21. The Morgan fingerprint density at radius 1 is 1.41 bits per heavy atom. The molecule has 0 bridgehead atoms. The molecule has 0 aromatic heterocycles. The molecule has 0 spiro atoms. The number of benzene rings is 1. The third-order valence-corrected chi connectivity index (χ3v) is 3.01. The van der Waals surface area contributed by atoms with Crippen molar-refractivity contribution < 1.29 is 4.79 Å². The van der Waals surface area contributed by atoms with Crippen LogP contribution in [0.4, 0.5) is 0 Å². The van der Waals surface area contributed by atoms with Gasteiger partial charge in [-0.3, -0.25) is 4.79 Å². The fourth-order valence-electron chi connectivity index (χ4n) is 1.55. The summed E-state index contributed by atoms with van der Waals surface area (Å²) in [5, 5.41) is 4.88. The minimum absolute atomic E-state index is 0.0323. The van der Waals surface area contributed by atoms with E-state index in [1.165, 1.54) is 0 Å². The number of nitrogens with one attached hydrogen (secondary N) is 1. The molecule has 1 aliphatic carbocycles. The van der Waals surface area contributed by atoms with Gasteiger partial charge in [-0.05, 0) is 37.0 Å². The Morgan fingerprint density at radius 3 is 2.59 bits per heavy atom. The zero-order valence-corrected chi connectivity index (χ0v) is 10.5. The molecular formula is C13H15ClN2O. The Kier molecular flexibility index (Phi) is 3.79. The highest BCUT2D eigenvalue weighted by atomic mass is 35.5. The third kappa shape index (κ3) is 3.30. The second-order valence-corrected chi connectivity index (χ2v) is 4.61. The lowest BCUT2D eigenvalue weighted by molar-refractivity contribution is -0.122. The van der Waals surface area contributed by atoms with Gasteiger partial charge >= 0.3 is 0 Å². The number of nitrogens with zero attached hydrogens (tertiary/aromatic N) is 1. The normalized spacial score (nSPS) is 15.8. The van der Waals surface area contributed by atoms with E-state index in [0.717, 1.165) is 30.5 Å². The molecule has 1 N–H and O–H groups in total. The predicted octanol–water partition coefficient (Wildman–Crippen LogP) is 2.98. The van der Waals surface area contributed by atoms with Crippen LogP contribution in [0.2, 0.25) is 5.02 Å². The van der Waals surface area contributed by atoms with Crippen LogP contribution in [0, 0.1) is 5.92 Å². The van der Waals surface area contributed by atoms with Gasteiger partial charge in [-0.2, -0.15) is 5.10 Å². The number of halogens is 1. The number of hydrogen-bond acceptors (Lipinski definition) is 2. The second-order valence-electron chi connectivity index (χ2n) is 4.17. The number of amides is 1. The van der Waals surface area contributed by atoms with E-state index in [1.54, 1.807) is 0 Å². The van der Waals surface area contributed by atoms with Crippen LogP contribution in [0.1, 0.15) is 31.7 Å². The van der Waals surface area contributed by atoms with E-state index in [1.807, 2.05) is 31.2 Å². The molecule has 0 unspecified atom stereocenters. The Labute approximate surface area is 106 Å². The van der Waals surface area contributed by atoms with Gasteiger partial charge in [-0.1, -0.05) is 30.7 Å². The van der Waals surface area contributed by atoms with Gasteiger partial charge in [-0.25, -0.2) is 5.43 Å². The lowest BCUT2D eigenvalue weighted by atomic mass is 10.1. The van der Waals surface area contributed by atoms with Crippen LogP contribution in [0.25, 0.3) is 0 Å². The summed E-state index contributed by atoms with van der Waals surface area (Å²) in [4.78, 5) is 11.5. The van der Waals surface area contributed by atoms with E-state index >= 15 is 0 Å². The largest absolute Gasteiger partial charge is 0.273 e. The molecule has 1 aliphatic rings. The Hall–Kier alpha value is -1.35. The molecule has 4 heteroatoms. The minimum Gasteiger partial charge on any atom is -0.273 e. The monoisotopic (exact) mass is 250 g/mol. The third-order valence-electron chi connectivity index (χ3n) is 2.76. The maximum Gasteiger partial charge on any atom is 0.243 e. The fourth-order valence-corrected chi connectivity index (χ4v) is 1.68. The Morgan fingerprint density at radius 2 is 2.06 bits per heavy atom. The van der Waals surface area contributed by atoms with Crippen LogP contribution in [0.3, 0.4) is 0 Å². The van der Waals surface area contributed by atoms with Gasteiger partial charge in [0.15, 0.2) is 0 Å². The maximum absolute atomic E-state index is 11.5. The molecule has 2 rings (SSSR count). The maximum atomic E-state index is 11.5. The molecule has 1 aromatic rings. The van der Waals surface area contributed by atoms with Crippen molar-refractivity contribution in [3.63, 3.8) is 0 Å². The van der Waals surface area contributed by atoms with Crippen molar-refractivity contribution in [1.82, 2.24) is 5.43 Å². The zero-order chi connectivity index (χ0) is 12.3. The van der Waals surface area contributed by atoms with Gasteiger partial charge in [0.05, 0.1) is 5.71 Å². The molecule has 3 nitrogen and oxygen atoms in total. The van der Waals surface area contributed by atoms with E-state index in [4.69, 9.17) is 11.6 Å². The van der Waals surface area contributed by atoms with E-state index < -0.39 is 0 Å². The first-order valence-electron chi connectivity index (χ1n) is 5.83. The van der Waals surface area contributed by atoms with Crippen molar-refractivity contribution in [3.05, 3.63) is 34.9 Å². The van der Waals surface area contributed by atoms with Gasteiger partial charge in [0.1, 0.15) is 0 Å². The molecule has 1 amide bonds. The van der Waals surface area contributed by atoms with Gasteiger partial charge in [0.2, 0.25) is 5.91 Å². The summed E-state index contributed by atoms with van der Waals surface area (Å²) in [7, 11) is 0.